The van der Waals surface area contributed by atoms with Gasteiger partial charge in [-0.1, -0.05) is 55.9 Å². The van der Waals surface area contributed by atoms with E-state index >= 15 is 0 Å². The van der Waals surface area contributed by atoms with Crippen molar-refractivity contribution in [3.8, 4) is 0 Å². The van der Waals surface area contributed by atoms with Crippen molar-refractivity contribution in [2.75, 3.05) is 25.0 Å². The van der Waals surface area contributed by atoms with Crippen LogP contribution < -0.4 is 10.6 Å². The SMILES string of the molecule is C=C1Cc2nc(co2)C(=O)N2CCC[C@@H]2C(=O)O[C@H]([C@@H](C)COC(=O)Nc2coc(C)n2)[C@H](C)/C=C/C(=O)NC/C=C/C(C)=C/[C@@H](O)C1. The van der Waals surface area contributed by atoms with E-state index in [0.717, 1.165) is 5.57 Å². The van der Waals surface area contributed by atoms with Crippen molar-refractivity contribution in [2.45, 2.75) is 71.6 Å². The number of cyclic esters (lactones) is 1. The second-order valence-electron chi connectivity index (χ2n) is 12.1. The van der Waals surface area contributed by atoms with E-state index in [-0.39, 0.29) is 49.3 Å². The van der Waals surface area contributed by atoms with Gasteiger partial charge in [-0.05, 0) is 32.3 Å². The lowest BCUT2D eigenvalue weighted by Gasteiger charge is -2.30. The van der Waals surface area contributed by atoms with Crippen molar-refractivity contribution in [3.05, 3.63) is 78.1 Å². The van der Waals surface area contributed by atoms with Crippen LogP contribution in [0.15, 0.2) is 69.5 Å². The number of hydrogen-bond acceptors (Lipinski definition) is 11. The third kappa shape index (κ3) is 10.3. The van der Waals surface area contributed by atoms with Gasteiger partial charge in [0.2, 0.25) is 5.91 Å². The number of carbonyl (C=O) groups is 4. The van der Waals surface area contributed by atoms with Crippen LogP contribution in [0.5, 0.6) is 0 Å². The number of fused-ring (bicyclic) bond motifs is 3. The number of amides is 3. The molecule has 0 saturated carbocycles. The molecular formula is C34H43N5O9. The molecule has 4 rings (SSSR count). The van der Waals surface area contributed by atoms with Gasteiger partial charge < -0.3 is 33.6 Å². The van der Waals surface area contributed by atoms with Gasteiger partial charge in [0, 0.05) is 38.3 Å². The van der Waals surface area contributed by atoms with Gasteiger partial charge in [0.15, 0.2) is 23.3 Å². The van der Waals surface area contributed by atoms with Crippen LogP contribution >= 0.6 is 0 Å². The molecule has 0 aliphatic carbocycles. The summed E-state index contributed by atoms with van der Waals surface area (Å²) in [5, 5.41) is 15.7. The monoisotopic (exact) mass is 665 g/mol. The highest BCUT2D eigenvalue weighted by Gasteiger charge is 2.39. The first kappa shape index (κ1) is 35.9. The smallest absolute Gasteiger partial charge is 0.412 e. The highest BCUT2D eigenvalue weighted by molar-refractivity contribution is 5.95. The highest BCUT2D eigenvalue weighted by Crippen LogP contribution is 2.26. The molecule has 2 aromatic heterocycles. The number of aryl methyl sites for hydroxylation is 1. The Hall–Kier alpha value is -4.98. The first-order valence-electron chi connectivity index (χ1n) is 15.9. The summed E-state index contributed by atoms with van der Waals surface area (Å²) in [4.78, 5) is 61.9. The number of nitrogens with one attached hydrogen (secondary N) is 2. The molecule has 14 nitrogen and oxygen atoms in total. The van der Waals surface area contributed by atoms with E-state index in [1.165, 1.54) is 23.5 Å². The van der Waals surface area contributed by atoms with Gasteiger partial charge >= 0.3 is 12.1 Å². The summed E-state index contributed by atoms with van der Waals surface area (Å²) < 4.78 is 22.0. The van der Waals surface area contributed by atoms with E-state index in [9.17, 15) is 24.3 Å². The summed E-state index contributed by atoms with van der Waals surface area (Å²) in [6.45, 7) is 11.4. The fourth-order valence-corrected chi connectivity index (χ4v) is 5.52. The molecule has 48 heavy (non-hydrogen) atoms. The summed E-state index contributed by atoms with van der Waals surface area (Å²) in [7, 11) is 0. The van der Waals surface area contributed by atoms with Crippen LogP contribution in [-0.2, 0) is 25.5 Å². The van der Waals surface area contributed by atoms with E-state index in [1.807, 2.05) is 6.92 Å². The minimum Gasteiger partial charge on any atom is -0.460 e. The van der Waals surface area contributed by atoms with Crippen molar-refractivity contribution in [3.63, 3.8) is 0 Å². The molecule has 1 fully saturated rings. The van der Waals surface area contributed by atoms with Crippen molar-refractivity contribution < 1.29 is 42.6 Å². The number of aromatic nitrogens is 2. The van der Waals surface area contributed by atoms with Crippen LogP contribution in [0.25, 0.3) is 0 Å². The van der Waals surface area contributed by atoms with E-state index in [4.69, 9.17) is 18.3 Å². The molecule has 2 aliphatic rings. The molecule has 258 valence electrons. The molecule has 5 atom stereocenters. The molecule has 0 radical (unpaired) electrons. The molecular weight excluding hydrogens is 622 g/mol. The van der Waals surface area contributed by atoms with Gasteiger partial charge in [-0.3, -0.25) is 14.9 Å². The zero-order valence-electron chi connectivity index (χ0n) is 27.6. The maximum Gasteiger partial charge on any atom is 0.412 e. The quantitative estimate of drug-likeness (QED) is 0.316. The number of hydrogen-bond donors (Lipinski definition) is 3. The van der Waals surface area contributed by atoms with Crippen molar-refractivity contribution in [1.82, 2.24) is 20.2 Å². The van der Waals surface area contributed by atoms with Gasteiger partial charge in [-0.2, -0.15) is 4.98 Å². The van der Waals surface area contributed by atoms with Gasteiger partial charge in [-0.25, -0.2) is 14.6 Å². The summed E-state index contributed by atoms with van der Waals surface area (Å²) in [6, 6.07) is -0.875. The number of allylic oxidation sites excluding steroid dienone is 2. The largest absolute Gasteiger partial charge is 0.460 e. The Morgan fingerprint density at radius 3 is 2.75 bits per heavy atom. The third-order valence-corrected chi connectivity index (χ3v) is 7.89. The number of ether oxygens (including phenoxy) is 2. The molecule has 1 saturated heterocycles. The van der Waals surface area contributed by atoms with Gasteiger partial charge in [0.05, 0.1) is 12.7 Å². The number of aliphatic hydroxyl groups excluding tert-OH is 1. The maximum atomic E-state index is 13.6. The average Bonchev–Trinajstić information content (AvgIpc) is 3.80. The number of rotatable bonds is 4. The van der Waals surface area contributed by atoms with Crippen LogP contribution in [0.3, 0.4) is 0 Å². The summed E-state index contributed by atoms with van der Waals surface area (Å²) >= 11 is 0. The zero-order valence-corrected chi connectivity index (χ0v) is 27.6. The van der Waals surface area contributed by atoms with E-state index in [1.54, 1.807) is 45.1 Å². The van der Waals surface area contributed by atoms with E-state index in [2.05, 4.69) is 27.2 Å². The standard InChI is InChI=1S/C34H43N5O9/c1-20-8-6-12-35-29(41)11-10-22(3)31(23(4)17-47-34(44)38-28-19-45-24(5)36-28)48-33(43)27-9-7-13-39(27)32(42)26-18-46-30(37-26)16-21(2)15-25(40)14-20/h6,8,10-11,14,18-19,22-23,25,27,31,40H,2,7,9,12-13,15-17H2,1,3-5H3,(H,35,41)(H,38,44)/b8-6+,11-10+,20-14+/t22-,23+,25-,27-,31+/m1/s1. The van der Waals surface area contributed by atoms with Gasteiger partial charge in [0.25, 0.3) is 5.91 Å². The Morgan fingerprint density at radius 1 is 1.21 bits per heavy atom. The summed E-state index contributed by atoms with van der Waals surface area (Å²) in [5.74, 6) is -1.63. The molecule has 3 amide bonds. The number of nitrogens with zero attached hydrogens (tertiary/aromatic N) is 3. The highest BCUT2D eigenvalue weighted by atomic mass is 16.6. The average molecular weight is 666 g/mol. The Kier molecular flexibility index (Phi) is 12.5. The first-order valence-corrected chi connectivity index (χ1v) is 15.9. The Balaban J connectivity index is 1.54. The number of aliphatic hydroxyl groups is 1. The molecule has 2 bridgehead atoms. The number of carbonyl (C=O) groups excluding carboxylic acids is 4. The number of esters is 1. The van der Waals surface area contributed by atoms with Crippen molar-refractivity contribution in [1.29, 1.82) is 0 Å². The summed E-state index contributed by atoms with van der Waals surface area (Å²) in [6.07, 6.45) is 9.75. The molecule has 0 spiro atoms. The maximum absolute atomic E-state index is 13.6. The van der Waals surface area contributed by atoms with Crippen LogP contribution in [-0.4, -0.2) is 81.8 Å². The van der Waals surface area contributed by atoms with Gasteiger partial charge in [0.1, 0.15) is 24.7 Å². The Morgan fingerprint density at radius 2 is 2.00 bits per heavy atom. The van der Waals surface area contributed by atoms with E-state index in [0.29, 0.717) is 30.9 Å². The predicted octanol–water partition coefficient (Wildman–Crippen LogP) is 4.05. The van der Waals surface area contributed by atoms with Crippen LogP contribution in [0.1, 0.15) is 62.3 Å². The van der Waals surface area contributed by atoms with Crippen LogP contribution in [0.2, 0.25) is 0 Å². The second-order valence-corrected chi connectivity index (χ2v) is 12.1. The molecule has 0 aromatic carbocycles. The Bertz CT molecular complexity index is 1570. The van der Waals surface area contributed by atoms with E-state index < -0.39 is 48.1 Å². The topological polar surface area (TPSA) is 186 Å². The van der Waals surface area contributed by atoms with Crippen molar-refractivity contribution in [2.24, 2.45) is 11.8 Å². The van der Waals surface area contributed by atoms with Crippen molar-refractivity contribution >= 4 is 29.7 Å². The first-order chi connectivity index (χ1) is 22.9. The molecule has 2 aliphatic heterocycles. The molecule has 2 aromatic rings. The third-order valence-electron chi connectivity index (χ3n) is 7.89. The molecule has 3 N–H and O–H groups in total. The lowest BCUT2D eigenvalue weighted by atomic mass is 9.93. The lowest BCUT2D eigenvalue weighted by Crippen LogP contribution is -2.44. The van der Waals surface area contributed by atoms with Gasteiger partial charge in [-0.15, -0.1) is 0 Å². The fraction of sp³-hybridized carbons (Fsp3) is 0.471. The molecule has 0 unspecified atom stereocenters. The lowest BCUT2D eigenvalue weighted by molar-refractivity contribution is -0.159. The zero-order chi connectivity index (χ0) is 34.8. The van der Waals surface area contributed by atoms with Crippen LogP contribution in [0.4, 0.5) is 10.6 Å². The predicted molar refractivity (Wildman–Crippen MR) is 173 cm³/mol. The Labute approximate surface area is 278 Å². The minimum absolute atomic E-state index is 0.0475. The normalized spacial score (nSPS) is 26.4. The molecule has 4 heterocycles. The second kappa shape index (κ2) is 16.7. The minimum atomic E-state index is -0.875. The van der Waals surface area contributed by atoms with Crippen LogP contribution in [0, 0.1) is 18.8 Å². The summed E-state index contributed by atoms with van der Waals surface area (Å²) in [5.41, 5.74) is 1.49. The number of oxazole rings is 2. The molecule has 14 heteroatoms. The number of anilines is 1. The fourth-order valence-electron chi connectivity index (χ4n) is 5.52.